The molecule has 1 atom stereocenters. The van der Waals surface area contributed by atoms with Crippen molar-refractivity contribution in [2.75, 3.05) is 26.8 Å². The number of amides is 2. The number of methoxy groups -OCH3 is 1. The first-order valence-electron chi connectivity index (χ1n) is 8.12. The van der Waals surface area contributed by atoms with Gasteiger partial charge in [0.15, 0.2) is 0 Å². The molecule has 1 N–H and O–H groups in total. The zero-order valence-corrected chi connectivity index (χ0v) is 13.5. The van der Waals surface area contributed by atoms with Crippen molar-refractivity contribution in [2.45, 2.75) is 31.7 Å². The highest BCUT2D eigenvalue weighted by Gasteiger charge is 2.49. The molecule has 0 aromatic carbocycles. The molecule has 1 aromatic heterocycles. The molecule has 1 aliphatic carbocycles. The fourth-order valence-electron chi connectivity index (χ4n) is 3.72. The maximum absolute atomic E-state index is 12.5. The summed E-state index contributed by atoms with van der Waals surface area (Å²) in [5.41, 5.74) is 0.854. The first-order valence-corrected chi connectivity index (χ1v) is 8.12. The Morgan fingerprint density at radius 1 is 1.30 bits per heavy atom. The third kappa shape index (κ3) is 3.22. The fraction of sp³-hybridized carbons (Fsp3) is 0.588. The normalized spacial score (nSPS) is 22.5. The van der Waals surface area contributed by atoms with Crippen molar-refractivity contribution in [1.82, 2.24) is 15.2 Å². The number of likely N-dealkylation sites (tertiary alicyclic amines) is 1. The average Bonchev–Trinajstić information content (AvgIpc) is 2.59. The van der Waals surface area contributed by atoms with Crippen LogP contribution in [0.1, 0.15) is 36.0 Å². The molecule has 1 aliphatic heterocycles. The highest BCUT2D eigenvalue weighted by atomic mass is 16.5. The molecule has 6 nitrogen and oxygen atoms in total. The van der Waals surface area contributed by atoms with Crippen molar-refractivity contribution >= 4 is 11.8 Å². The minimum Gasteiger partial charge on any atom is -0.375 e. The number of hydrogen-bond acceptors (Lipinski definition) is 4. The SMILES string of the molecule is COCC(=O)NC1CCC12CCN(C(=O)c1ccncc1)CC2. The van der Waals surface area contributed by atoms with E-state index in [1.54, 1.807) is 24.5 Å². The lowest BCUT2D eigenvalue weighted by atomic mass is 9.59. The summed E-state index contributed by atoms with van der Waals surface area (Å²) in [6, 6.07) is 3.73. The number of ether oxygens (including phenoxy) is 1. The average molecular weight is 317 g/mol. The van der Waals surface area contributed by atoms with E-state index < -0.39 is 0 Å². The van der Waals surface area contributed by atoms with Crippen LogP contribution in [0.25, 0.3) is 0 Å². The molecule has 124 valence electrons. The summed E-state index contributed by atoms with van der Waals surface area (Å²) >= 11 is 0. The van der Waals surface area contributed by atoms with Crippen molar-refractivity contribution < 1.29 is 14.3 Å². The lowest BCUT2D eigenvalue weighted by Crippen LogP contribution is -2.60. The van der Waals surface area contributed by atoms with Crippen LogP contribution in [0.3, 0.4) is 0 Å². The van der Waals surface area contributed by atoms with E-state index in [4.69, 9.17) is 4.74 Å². The summed E-state index contributed by atoms with van der Waals surface area (Å²) in [4.78, 5) is 30.1. The zero-order valence-electron chi connectivity index (χ0n) is 13.5. The minimum absolute atomic E-state index is 0.0492. The van der Waals surface area contributed by atoms with Gasteiger partial charge in [-0.3, -0.25) is 14.6 Å². The summed E-state index contributed by atoms with van der Waals surface area (Å²) in [5, 5.41) is 3.08. The van der Waals surface area contributed by atoms with Gasteiger partial charge in [-0.15, -0.1) is 0 Å². The van der Waals surface area contributed by atoms with Gasteiger partial charge in [0.1, 0.15) is 6.61 Å². The molecule has 2 fully saturated rings. The van der Waals surface area contributed by atoms with E-state index in [1.165, 1.54) is 7.11 Å². The van der Waals surface area contributed by atoms with E-state index >= 15 is 0 Å². The zero-order chi connectivity index (χ0) is 16.3. The van der Waals surface area contributed by atoms with Crippen LogP contribution in [0, 0.1) is 5.41 Å². The van der Waals surface area contributed by atoms with Crippen LogP contribution in [0.2, 0.25) is 0 Å². The summed E-state index contributed by atoms with van der Waals surface area (Å²) in [6.07, 6.45) is 7.33. The summed E-state index contributed by atoms with van der Waals surface area (Å²) < 4.78 is 4.88. The molecule has 6 heteroatoms. The van der Waals surface area contributed by atoms with Crippen LogP contribution >= 0.6 is 0 Å². The van der Waals surface area contributed by atoms with Crippen molar-refractivity contribution in [3.63, 3.8) is 0 Å². The van der Waals surface area contributed by atoms with Gasteiger partial charge < -0.3 is 15.0 Å². The Labute approximate surface area is 136 Å². The second-order valence-corrected chi connectivity index (χ2v) is 6.48. The van der Waals surface area contributed by atoms with Gasteiger partial charge >= 0.3 is 0 Å². The van der Waals surface area contributed by atoms with Gasteiger partial charge in [0.2, 0.25) is 5.91 Å². The smallest absolute Gasteiger partial charge is 0.253 e. The second kappa shape index (κ2) is 6.66. The van der Waals surface area contributed by atoms with Crippen LogP contribution in [-0.2, 0) is 9.53 Å². The van der Waals surface area contributed by atoms with Gasteiger partial charge in [-0.25, -0.2) is 0 Å². The lowest BCUT2D eigenvalue weighted by molar-refractivity contribution is -0.129. The van der Waals surface area contributed by atoms with Crippen LogP contribution in [-0.4, -0.2) is 54.5 Å². The third-order valence-corrected chi connectivity index (χ3v) is 5.25. The number of piperidine rings is 1. The molecule has 2 aliphatic rings. The molecule has 1 unspecified atom stereocenters. The Morgan fingerprint density at radius 2 is 2.00 bits per heavy atom. The molecule has 1 spiro atoms. The van der Waals surface area contributed by atoms with Crippen LogP contribution in [0.4, 0.5) is 0 Å². The monoisotopic (exact) mass is 317 g/mol. The molecule has 0 bridgehead atoms. The summed E-state index contributed by atoms with van der Waals surface area (Å²) in [7, 11) is 1.53. The van der Waals surface area contributed by atoms with E-state index in [-0.39, 0.29) is 29.9 Å². The predicted molar refractivity (Wildman–Crippen MR) is 84.8 cm³/mol. The number of carbonyl (C=O) groups is 2. The van der Waals surface area contributed by atoms with Crippen molar-refractivity contribution in [1.29, 1.82) is 0 Å². The first-order chi connectivity index (χ1) is 11.1. The molecule has 2 heterocycles. The number of hydrogen-bond donors (Lipinski definition) is 1. The van der Waals surface area contributed by atoms with Crippen LogP contribution in [0.15, 0.2) is 24.5 Å². The Morgan fingerprint density at radius 3 is 2.57 bits per heavy atom. The molecule has 1 aromatic rings. The third-order valence-electron chi connectivity index (χ3n) is 5.25. The van der Waals surface area contributed by atoms with E-state index in [0.717, 1.165) is 38.8 Å². The number of carbonyl (C=O) groups excluding carboxylic acids is 2. The van der Waals surface area contributed by atoms with Gasteiger partial charge in [0.05, 0.1) is 0 Å². The Hall–Kier alpha value is -1.95. The standard InChI is InChI=1S/C17H23N3O3/c1-23-12-15(21)19-14-2-5-17(14)6-10-20(11-7-17)16(22)13-3-8-18-9-4-13/h3-4,8-9,14H,2,5-7,10-12H2,1H3,(H,19,21). The first kappa shape index (κ1) is 15.9. The molecule has 1 saturated carbocycles. The maximum atomic E-state index is 12.5. The van der Waals surface area contributed by atoms with Gasteiger partial charge in [-0.1, -0.05) is 0 Å². The van der Waals surface area contributed by atoms with Gasteiger partial charge in [-0.2, -0.15) is 0 Å². The number of nitrogens with zero attached hydrogens (tertiary/aromatic N) is 2. The van der Waals surface area contributed by atoms with Crippen LogP contribution in [0.5, 0.6) is 0 Å². The largest absolute Gasteiger partial charge is 0.375 e. The molecule has 0 radical (unpaired) electrons. The lowest BCUT2D eigenvalue weighted by Gasteiger charge is -2.54. The molecular weight excluding hydrogens is 294 g/mol. The van der Waals surface area contributed by atoms with Gasteiger partial charge in [-0.05, 0) is 43.2 Å². The number of rotatable bonds is 4. The van der Waals surface area contributed by atoms with Crippen molar-refractivity contribution in [2.24, 2.45) is 5.41 Å². The van der Waals surface area contributed by atoms with Crippen LogP contribution < -0.4 is 5.32 Å². The molecule has 2 amide bonds. The van der Waals surface area contributed by atoms with E-state index in [9.17, 15) is 9.59 Å². The Balaban J connectivity index is 1.56. The predicted octanol–water partition coefficient (Wildman–Crippen LogP) is 1.23. The molecule has 3 rings (SSSR count). The molecule has 1 saturated heterocycles. The Bertz CT molecular complexity index is 568. The molecule has 23 heavy (non-hydrogen) atoms. The van der Waals surface area contributed by atoms with Gasteiger partial charge in [0, 0.05) is 44.2 Å². The van der Waals surface area contributed by atoms with E-state index in [1.807, 2.05) is 4.90 Å². The van der Waals surface area contributed by atoms with E-state index in [2.05, 4.69) is 10.3 Å². The van der Waals surface area contributed by atoms with Crippen molar-refractivity contribution in [3.8, 4) is 0 Å². The minimum atomic E-state index is -0.0492. The number of nitrogens with one attached hydrogen (secondary N) is 1. The molecular formula is C17H23N3O3. The topological polar surface area (TPSA) is 71.5 Å². The van der Waals surface area contributed by atoms with E-state index in [0.29, 0.717) is 5.56 Å². The van der Waals surface area contributed by atoms with Gasteiger partial charge in [0.25, 0.3) is 5.91 Å². The fourth-order valence-corrected chi connectivity index (χ4v) is 3.72. The number of aromatic nitrogens is 1. The highest BCUT2D eigenvalue weighted by molar-refractivity contribution is 5.94. The summed E-state index contributed by atoms with van der Waals surface area (Å²) in [6.45, 7) is 1.61. The number of pyridine rings is 1. The highest BCUT2D eigenvalue weighted by Crippen LogP contribution is 2.49. The Kier molecular flexibility index (Phi) is 4.61. The van der Waals surface area contributed by atoms with Crippen molar-refractivity contribution in [3.05, 3.63) is 30.1 Å². The quantitative estimate of drug-likeness (QED) is 0.906. The summed E-state index contributed by atoms with van der Waals surface area (Å²) in [5.74, 6) is 0.0217. The maximum Gasteiger partial charge on any atom is 0.253 e. The second-order valence-electron chi connectivity index (χ2n) is 6.48.